The molecule has 114 valence electrons. The molecule has 1 atom stereocenters. The lowest BCUT2D eigenvalue weighted by atomic mass is 10.1. The van der Waals surface area contributed by atoms with Crippen LogP contribution in [-0.4, -0.2) is 27.8 Å². The van der Waals surface area contributed by atoms with E-state index in [1.807, 2.05) is 31.2 Å². The Balaban J connectivity index is 2.14. The fourth-order valence-corrected chi connectivity index (χ4v) is 3.91. The zero-order valence-corrected chi connectivity index (χ0v) is 13.2. The zero-order chi connectivity index (χ0) is 15.5. The Labute approximate surface area is 129 Å². The van der Waals surface area contributed by atoms with E-state index in [2.05, 4.69) is 5.32 Å². The van der Waals surface area contributed by atoms with E-state index in [4.69, 9.17) is 5.11 Å². The van der Waals surface area contributed by atoms with Crippen LogP contribution in [0.1, 0.15) is 38.2 Å². The van der Waals surface area contributed by atoms with E-state index < -0.39 is 16.8 Å². The van der Waals surface area contributed by atoms with Gasteiger partial charge in [-0.05, 0) is 38.8 Å². The SMILES string of the molecule is Cc1ccc(SC2(C(=O)N[C@@H](C)C(=O)O)CCCC2)cc1. The van der Waals surface area contributed by atoms with Gasteiger partial charge in [0.15, 0.2) is 0 Å². The van der Waals surface area contributed by atoms with Crippen molar-refractivity contribution < 1.29 is 14.7 Å². The molecule has 0 aliphatic heterocycles. The van der Waals surface area contributed by atoms with Crippen LogP contribution in [0.3, 0.4) is 0 Å². The Kier molecular flexibility index (Phi) is 4.93. The number of hydrogen-bond donors (Lipinski definition) is 2. The predicted molar refractivity (Wildman–Crippen MR) is 83.5 cm³/mol. The maximum Gasteiger partial charge on any atom is 0.325 e. The van der Waals surface area contributed by atoms with Crippen LogP contribution in [0.4, 0.5) is 0 Å². The molecule has 1 saturated carbocycles. The molecule has 0 radical (unpaired) electrons. The second-order valence-corrected chi connectivity index (χ2v) is 7.11. The summed E-state index contributed by atoms with van der Waals surface area (Å²) in [6.45, 7) is 3.53. The van der Waals surface area contributed by atoms with Gasteiger partial charge in [0.1, 0.15) is 6.04 Å². The minimum atomic E-state index is -1.00. The molecule has 4 nitrogen and oxygen atoms in total. The number of aryl methyl sites for hydroxylation is 1. The molecule has 21 heavy (non-hydrogen) atoms. The molecular weight excluding hydrogens is 286 g/mol. The normalized spacial score (nSPS) is 18.2. The molecule has 1 aliphatic rings. The van der Waals surface area contributed by atoms with Gasteiger partial charge in [-0.1, -0.05) is 30.5 Å². The van der Waals surface area contributed by atoms with E-state index in [0.29, 0.717) is 0 Å². The van der Waals surface area contributed by atoms with Gasteiger partial charge in [-0.3, -0.25) is 9.59 Å². The highest BCUT2D eigenvalue weighted by atomic mass is 32.2. The van der Waals surface area contributed by atoms with Gasteiger partial charge in [0.05, 0.1) is 4.75 Å². The van der Waals surface area contributed by atoms with Gasteiger partial charge in [-0.15, -0.1) is 11.8 Å². The van der Waals surface area contributed by atoms with Crippen molar-refractivity contribution in [3.8, 4) is 0 Å². The van der Waals surface area contributed by atoms with Crippen LogP contribution in [0.15, 0.2) is 29.2 Å². The summed E-state index contributed by atoms with van der Waals surface area (Å²) in [5.74, 6) is -1.16. The lowest BCUT2D eigenvalue weighted by Gasteiger charge is -2.28. The molecular formula is C16H21NO3S. The second-order valence-electron chi connectivity index (χ2n) is 5.65. The average Bonchev–Trinajstić information content (AvgIpc) is 2.91. The van der Waals surface area contributed by atoms with Crippen LogP contribution >= 0.6 is 11.8 Å². The summed E-state index contributed by atoms with van der Waals surface area (Å²) in [7, 11) is 0. The Hall–Kier alpha value is -1.49. The Morgan fingerprint density at radius 3 is 2.33 bits per heavy atom. The molecule has 5 heteroatoms. The lowest BCUT2D eigenvalue weighted by molar-refractivity contribution is -0.141. The maximum atomic E-state index is 12.6. The van der Waals surface area contributed by atoms with Gasteiger partial charge in [0.25, 0.3) is 0 Å². The van der Waals surface area contributed by atoms with Crippen molar-refractivity contribution in [3.05, 3.63) is 29.8 Å². The first-order valence-electron chi connectivity index (χ1n) is 7.22. The molecule has 0 unspecified atom stereocenters. The first kappa shape index (κ1) is 15.9. The van der Waals surface area contributed by atoms with Crippen LogP contribution in [0, 0.1) is 6.92 Å². The van der Waals surface area contributed by atoms with Crippen molar-refractivity contribution in [2.45, 2.75) is 55.2 Å². The van der Waals surface area contributed by atoms with Crippen molar-refractivity contribution >= 4 is 23.6 Å². The summed E-state index contributed by atoms with van der Waals surface area (Å²) in [5.41, 5.74) is 1.18. The molecule has 1 aliphatic carbocycles. The summed E-state index contributed by atoms with van der Waals surface area (Å²) >= 11 is 1.56. The Bertz CT molecular complexity index is 521. The van der Waals surface area contributed by atoms with Crippen molar-refractivity contribution in [2.24, 2.45) is 0 Å². The first-order chi connectivity index (χ1) is 9.93. The summed E-state index contributed by atoms with van der Waals surface area (Å²) in [5, 5.41) is 11.6. The van der Waals surface area contributed by atoms with Gasteiger partial charge in [-0.25, -0.2) is 0 Å². The number of carbonyl (C=O) groups is 2. The molecule has 0 spiro atoms. The third-order valence-electron chi connectivity index (χ3n) is 3.88. The van der Waals surface area contributed by atoms with Gasteiger partial charge in [0.2, 0.25) is 5.91 Å². The Morgan fingerprint density at radius 1 is 1.24 bits per heavy atom. The molecule has 0 heterocycles. The minimum Gasteiger partial charge on any atom is -0.480 e. The van der Waals surface area contributed by atoms with Crippen LogP contribution in [0.25, 0.3) is 0 Å². The summed E-state index contributed by atoms with van der Waals surface area (Å²) in [6.07, 6.45) is 3.61. The van der Waals surface area contributed by atoms with Gasteiger partial charge >= 0.3 is 5.97 Å². The minimum absolute atomic E-state index is 0.152. The number of nitrogens with one attached hydrogen (secondary N) is 1. The highest BCUT2D eigenvalue weighted by Crippen LogP contribution is 2.45. The number of rotatable bonds is 5. The summed E-state index contributed by atoms with van der Waals surface area (Å²) < 4.78 is -0.529. The van der Waals surface area contributed by atoms with Crippen LogP contribution in [-0.2, 0) is 9.59 Å². The average molecular weight is 307 g/mol. The van der Waals surface area contributed by atoms with Crippen molar-refractivity contribution in [3.63, 3.8) is 0 Å². The molecule has 0 aromatic heterocycles. The van der Waals surface area contributed by atoms with E-state index in [0.717, 1.165) is 30.6 Å². The van der Waals surface area contributed by atoms with Gasteiger partial charge in [-0.2, -0.15) is 0 Å². The number of carbonyl (C=O) groups excluding carboxylic acids is 1. The van der Waals surface area contributed by atoms with Crippen LogP contribution in [0.2, 0.25) is 0 Å². The molecule has 1 amide bonds. The lowest BCUT2D eigenvalue weighted by Crippen LogP contribution is -2.48. The van der Waals surface area contributed by atoms with Crippen molar-refractivity contribution in [2.75, 3.05) is 0 Å². The van der Waals surface area contributed by atoms with E-state index >= 15 is 0 Å². The molecule has 0 saturated heterocycles. The van der Waals surface area contributed by atoms with Gasteiger partial charge < -0.3 is 10.4 Å². The second kappa shape index (κ2) is 6.52. The number of carboxylic acids is 1. The molecule has 1 aromatic carbocycles. The number of benzene rings is 1. The topological polar surface area (TPSA) is 66.4 Å². The quantitative estimate of drug-likeness (QED) is 0.877. The molecule has 1 fully saturated rings. The van der Waals surface area contributed by atoms with Crippen molar-refractivity contribution in [1.82, 2.24) is 5.32 Å². The Morgan fingerprint density at radius 2 is 1.81 bits per heavy atom. The van der Waals surface area contributed by atoms with E-state index in [9.17, 15) is 9.59 Å². The molecule has 0 bridgehead atoms. The number of aliphatic carboxylic acids is 1. The monoisotopic (exact) mass is 307 g/mol. The molecule has 1 aromatic rings. The number of hydrogen-bond acceptors (Lipinski definition) is 3. The fourth-order valence-electron chi connectivity index (χ4n) is 2.54. The van der Waals surface area contributed by atoms with E-state index in [1.54, 1.807) is 11.8 Å². The number of carboxylic acid groups (broad SMARTS) is 1. The highest BCUT2D eigenvalue weighted by Gasteiger charge is 2.43. The number of amides is 1. The maximum absolute atomic E-state index is 12.6. The third-order valence-corrected chi connectivity index (χ3v) is 5.37. The summed E-state index contributed by atoms with van der Waals surface area (Å²) in [6, 6.07) is 7.25. The largest absolute Gasteiger partial charge is 0.480 e. The predicted octanol–water partition coefficient (Wildman–Crippen LogP) is 2.99. The zero-order valence-electron chi connectivity index (χ0n) is 12.4. The standard InChI is InChI=1S/C16H21NO3S/c1-11-5-7-13(8-6-11)21-16(9-3-4-10-16)15(20)17-12(2)14(18)19/h5-8,12H,3-4,9-10H2,1-2H3,(H,17,20)(H,18,19)/t12-/m0/s1. The smallest absolute Gasteiger partial charge is 0.325 e. The highest BCUT2D eigenvalue weighted by molar-refractivity contribution is 8.01. The van der Waals surface area contributed by atoms with Crippen LogP contribution in [0.5, 0.6) is 0 Å². The van der Waals surface area contributed by atoms with E-state index in [1.165, 1.54) is 12.5 Å². The first-order valence-corrected chi connectivity index (χ1v) is 8.04. The molecule has 2 N–H and O–H groups in total. The molecule has 2 rings (SSSR count). The number of thioether (sulfide) groups is 1. The van der Waals surface area contributed by atoms with Gasteiger partial charge in [0, 0.05) is 4.90 Å². The van der Waals surface area contributed by atoms with E-state index in [-0.39, 0.29) is 5.91 Å². The summed E-state index contributed by atoms with van der Waals surface area (Å²) in [4.78, 5) is 24.5. The third kappa shape index (κ3) is 3.79. The van der Waals surface area contributed by atoms with Crippen molar-refractivity contribution in [1.29, 1.82) is 0 Å². The fraction of sp³-hybridized carbons (Fsp3) is 0.500. The van der Waals surface area contributed by atoms with Crippen LogP contribution < -0.4 is 5.32 Å².